The quantitative estimate of drug-likeness (QED) is 0.751. The van der Waals surface area contributed by atoms with Crippen LogP contribution in [0.2, 0.25) is 0 Å². The first kappa shape index (κ1) is 18.9. The molecule has 8 nitrogen and oxygen atoms in total. The van der Waals surface area contributed by atoms with E-state index in [1.54, 1.807) is 0 Å². The van der Waals surface area contributed by atoms with Gasteiger partial charge in [-0.25, -0.2) is 4.39 Å². The topological polar surface area (TPSA) is 114 Å². The molecule has 1 aliphatic rings. The molecule has 3 rings (SSSR count). The smallest absolute Gasteiger partial charge is 0.273 e. The van der Waals surface area contributed by atoms with Gasteiger partial charge in [0.05, 0.1) is 5.69 Å². The van der Waals surface area contributed by atoms with Crippen molar-refractivity contribution in [2.45, 2.75) is 38.6 Å². The van der Waals surface area contributed by atoms with E-state index in [0.717, 1.165) is 24.3 Å². The van der Waals surface area contributed by atoms with E-state index in [9.17, 15) is 14.0 Å². The molecule has 2 aromatic rings. The fourth-order valence-corrected chi connectivity index (χ4v) is 3.38. The predicted octanol–water partition coefficient (Wildman–Crippen LogP) is 2.08. The fourth-order valence-electron chi connectivity index (χ4n) is 2.60. The molecule has 1 atom stereocenters. The number of hydrogen-bond acceptors (Lipinski definition) is 7. The molecule has 27 heavy (non-hydrogen) atoms. The molecular weight excluding hydrogens is 371 g/mol. The minimum atomic E-state index is -0.814. The second kappa shape index (κ2) is 8.21. The van der Waals surface area contributed by atoms with Crippen molar-refractivity contribution in [1.82, 2.24) is 10.2 Å². The summed E-state index contributed by atoms with van der Waals surface area (Å²) in [5, 5.41) is 17.4. The monoisotopic (exact) mass is 390 g/mol. The van der Waals surface area contributed by atoms with E-state index in [1.165, 1.54) is 40.6 Å². The van der Waals surface area contributed by atoms with Gasteiger partial charge in [0.2, 0.25) is 11.0 Å². The SMILES string of the molecule is CCCCc1nnc(NC(=O)C2=NN(c3ccc(F)cc3)C(C(N)=O)C2)s1. The Balaban J connectivity index is 1.74. The Hall–Kier alpha value is -2.88. The number of carbonyl (C=O) groups excluding carboxylic acids is 2. The van der Waals surface area contributed by atoms with Crippen molar-refractivity contribution >= 4 is 39.7 Å². The van der Waals surface area contributed by atoms with Gasteiger partial charge in [-0.15, -0.1) is 10.2 Å². The van der Waals surface area contributed by atoms with Crippen LogP contribution in [0.5, 0.6) is 0 Å². The van der Waals surface area contributed by atoms with Gasteiger partial charge in [-0.05, 0) is 30.7 Å². The molecule has 2 heterocycles. The molecular formula is C17H19FN6O2S. The lowest BCUT2D eigenvalue weighted by molar-refractivity contribution is -0.119. The number of benzene rings is 1. The van der Waals surface area contributed by atoms with Crippen LogP contribution < -0.4 is 16.1 Å². The number of aromatic nitrogens is 2. The standard InChI is InChI=1S/C17H19FN6O2S/c1-2-3-4-14-21-22-17(27-14)20-16(26)12-9-13(15(19)25)24(23-12)11-7-5-10(18)6-8-11/h5-8,13H,2-4,9H2,1H3,(H2,19,25)(H,20,22,26). The highest BCUT2D eigenvalue weighted by molar-refractivity contribution is 7.15. The minimum Gasteiger partial charge on any atom is -0.368 e. The molecule has 142 valence electrons. The van der Waals surface area contributed by atoms with Crippen LogP contribution in [0.4, 0.5) is 15.2 Å². The zero-order valence-electron chi connectivity index (χ0n) is 14.7. The third kappa shape index (κ3) is 4.45. The van der Waals surface area contributed by atoms with E-state index in [1.807, 2.05) is 0 Å². The summed E-state index contributed by atoms with van der Waals surface area (Å²) in [5.74, 6) is -1.50. The summed E-state index contributed by atoms with van der Waals surface area (Å²) in [5.41, 5.74) is 6.06. The molecule has 1 aromatic heterocycles. The number of anilines is 2. The van der Waals surface area contributed by atoms with Gasteiger partial charge in [0.15, 0.2) is 0 Å². The summed E-state index contributed by atoms with van der Waals surface area (Å²) in [4.78, 5) is 24.3. The molecule has 2 amide bonds. The Bertz CT molecular complexity index is 867. The van der Waals surface area contributed by atoms with Crippen molar-refractivity contribution in [2.75, 3.05) is 10.3 Å². The van der Waals surface area contributed by atoms with Crippen LogP contribution in [0.1, 0.15) is 31.2 Å². The van der Waals surface area contributed by atoms with Crippen molar-refractivity contribution in [1.29, 1.82) is 0 Å². The van der Waals surface area contributed by atoms with Gasteiger partial charge < -0.3 is 5.73 Å². The van der Waals surface area contributed by atoms with Gasteiger partial charge in [-0.3, -0.25) is 19.9 Å². The molecule has 1 unspecified atom stereocenters. The molecule has 1 aliphatic heterocycles. The highest BCUT2D eigenvalue weighted by Crippen LogP contribution is 2.25. The molecule has 1 aromatic carbocycles. The largest absolute Gasteiger partial charge is 0.368 e. The Labute approximate surface area is 159 Å². The van der Waals surface area contributed by atoms with Crippen molar-refractivity contribution in [2.24, 2.45) is 10.8 Å². The summed E-state index contributed by atoms with van der Waals surface area (Å²) >= 11 is 1.31. The lowest BCUT2D eigenvalue weighted by Gasteiger charge is -2.20. The average Bonchev–Trinajstić information content (AvgIpc) is 3.28. The second-order valence-electron chi connectivity index (χ2n) is 6.05. The van der Waals surface area contributed by atoms with Gasteiger partial charge in [-0.2, -0.15) is 5.10 Å². The van der Waals surface area contributed by atoms with Crippen molar-refractivity contribution < 1.29 is 14.0 Å². The molecule has 0 fully saturated rings. The molecule has 0 bridgehead atoms. The first-order chi connectivity index (χ1) is 13.0. The first-order valence-electron chi connectivity index (χ1n) is 8.53. The van der Waals surface area contributed by atoms with Gasteiger partial charge in [-0.1, -0.05) is 24.7 Å². The zero-order valence-corrected chi connectivity index (χ0v) is 15.5. The number of rotatable bonds is 7. The summed E-state index contributed by atoms with van der Waals surface area (Å²) < 4.78 is 13.1. The van der Waals surface area contributed by atoms with Gasteiger partial charge >= 0.3 is 0 Å². The van der Waals surface area contributed by atoms with Crippen LogP contribution in [-0.2, 0) is 16.0 Å². The molecule has 0 saturated carbocycles. The van der Waals surface area contributed by atoms with Crippen LogP contribution in [-0.4, -0.2) is 33.8 Å². The van der Waals surface area contributed by atoms with Crippen LogP contribution in [0, 0.1) is 5.82 Å². The van der Waals surface area contributed by atoms with Crippen LogP contribution in [0.3, 0.4) is 0 Å². The Morgan fingerprint density at radius 1 is 1.33 bits per heavy atom. The van der Waals surface area contributed by atoms with Crippen molar-refractivity contribution in [3.63, 3.8) is 0 Å². The van der Waals surface area contributed by atoms with E-state index in [0.29, 0.717) is 10.8 Å². The van der Waals surface area contributed by atoms with Gasteiger partial charge in [0, 0.05) is 12.8 Å². The number of hydrogen-bond donors (Lipinski definition) is 2. The van der Waals surface area contributed by atoms with E-state index in [4.69, 9.17) is 5.73 Å². The van der Waals surface area contributed by atoms with Crippen LogP contribution >= 0.6 is 11.3 Å². The number of aryl methyl sites for hydroxylation is 1. The van der Waals surface area contributed by atoms with Crippen molar-refractivity contribution in [3.05, 3.63) is 35.1 Å². The number of halogens is 1. The van der Waals surface area contributed by atoms with E-state index in [-0.39, 0.29) is 12.1 Å². The number of amides is 2. The number of nitrogens with zero attached hydrogens (tertiary/aromatic N) is 4. The Kier molecular flexibility index (Phi) is 5.75. The molecule has 10 heteroatoms. The van der Waals surface area contributed by atoms with E-state index >= 15 is 0 Å². The average molecular weight is 390 g/mol. The maximum Gasteiger partial charge on any atom is 0.273 e. The molecule has 0 spiro atoms. The third-order valence-corrected chi connectivity index (χ3v) is 4.92. The zero-order chi connectivity index (χ0) is 19.4. The number of hydrazone groups is 1. The molecule has 0 aliphatic carbocycles. The minimum absolute atomic E-state index is 0.0556. The summed E-state index contributed by atoms with van der Waals surface area (Å²) in [6, 6.07) is 4.63. The maximum absolute atomic E-state index is 13.1. The van der Waals surface area contributed by atoms with Crippen LogP contribution in [0.15, 0.2) is 29.4 Å². The number of unbranched alkanes of at least 4 members (excludes halogenated alkanes) is 1. The van der Waals surface area contributed by atoms with Gasteiger partial charge in [0.1, 0.15) is 22.6 Å². The number of primary amides is 1. The van der Waals surface area contributed by atoms with Gasteiger partial charge in [0.25, 0.3) is 5.91 Å². The summed E-state index contributed by atoms with van der Waals surface area (Å²) in [6.07, 6.45) is 2.92. The lowest BCUT2D eigenvalue weighted by atomic mass is 10.1. The maximum atomic E-state index is 13.1. The molecule has 0 radical (unpaired) electrons. The summed E-state index contributed by atoms with van der Waals surface area (Å²) in [7, 11) is 0. The normalized spacial score (nSPS) is 16.3. The molecule has 0 saturated heterocycles. The van der Waals surface area contributed by atoms with Crippen molar-refractivity contribution in [3.8, 4) is 0 Å². The predicted molar refractivity (Wildman–Crippen MR) is 101 cm³/mol. The fraction of sp³-hybridized carbons (Fsp3) is 0.353. The second-order valence-corrected chi connectivity index (χ2v) is 7.11. The highest BCUT2D eigenvalue weighted by atomic mass is 32.1. The number of nitrogens with two attached hydrogens (primary N) is 1. The Morgan fingerprint density at radius 3 is 2.74 bits per heavy atom. The van der Waals surface area contributed by atoms with Crippen LogP contribution in [0.25, 0.3) is 0 Å². The Morgan fingerprint density at radius 2 is 2.07 bits per heavy atom. The third-order valence-electron chi connectivity index (χ3n) is 4.02. The summed E-state index contributed by atoms with van der Waals surface area (Å²) in [6.45, 7) is 2.09. The highest BCUT2D eigenvalue weighted by Gasteiger charge is 2.35. The van der Waals surface area contributed by atoms with E-state index < -0.39 is 23.7 Å². The lowest BCUT2D eigenvalue weighted by Crippen LogP contribution is -2.39. The first-order valence-corrected chi connectivity index (χ1v) is 9.35. The number of nitrogens with one attached hydrogen (secondary N) is 1. The molecule has 3 N–H and O–H groups in total. The number of carbonyl (C=O) groups is 2. The van der Waals surface area contributed by atoms with E-state index in [2.05, 4.69) is 27.5 Å².